The molecule has 0 saturated carbocycles. The number of ether oxygens (including phenoxy) is 1. The van der Waals surface area contributed by atoms with Crippen LogP contribution in [-0.4, -0.2) is 32.9 Å². The number of halogens is 1. The molecular weight excluding hydrogens is 456 g/mol. The van der Waals surface area contributed by atoms with Gasteiger partial charge >= 0.3 is 0 Å². The van der Waals surface area contributed by atoms with E-state index in [2.05, 4.69) is 20.8 Å². The third-order valence-electron chi connectivity index (χ3n) is 4.82. The molecule has 0 unspecified atom stereocenters. The summed E-state index contributed by atoms with van der Waals surface area (Å²) in [6.07, 6.45) is 1.89. The molecule has 0 spiro atoms. The minimum atomic E-state index is -0.211. The van der Waals surface area contributed by atoms with Crippen molar-refractivity contribution in [3.05, 3.63) is 45.3 Å². The molecule has 1 aliphatic rings. The molecule has 30 heavy (non-hydrogen) atoms. The minimum absolute atomic E-state index is 0.0685. The number of hydrogen-bond acceptors (Lipinski definition) is 7. The van der Waals surface area contributed by atoms with E-state index in [1.165, 1.54) is 22.2 Å². The molecule has 0 fully saturated rings. The SMILES string of the molecule is CCCSc1nc(SCC(=O)c2ccc(Cl)cc2)c2c3c(sc2n1)COC(C)(C)C3. The summed E-state index contributed by atoms with van der Waals surface area (Å²) in [5.74, 6) is 1.37. The minimum Gasteiger partial charge on any atom is -0.370 e. The Labute approximate surface area is 194 Å². The van der Waals surface area contributed by atoms with Crippen molar-refractivity contribution in [1.82, 2.24) is 9.97 Å². The van der Waals surface area contributed by atoms with Gasteiger partial charge in [-0.3, -0.25) is 4.79 Å². The molecule has 0 amide bonds. The monoisotopic (exact) mass is 478 g/mol. The van der Waals surface area contributed by atoms with Crippen molar-refractivity contribution in [2.75, 3.05) is 11.5 Å². The number of hydrogen-bond donors (Lipinski definition) is 0. The van der Waals surface area contributed by atoms with Crippen molar-refractivity contribution in [1.29, 1.82) is 0 Å². The van der Waals surface area contributed by atoms with Crippen LogP contribution in [-0.2, 0) is 17.8 Å². The molecule has 1 aliphatic heterocycles. The van der Waals surface area contributed by atoms with Gasteiger partial charge in [-0.2, -0.15) is 0 Å². The zero-order valence-electron chi connectivity index (χ0n) is 17.2. The number of thiophene rings is 1. The van der Waals surface area contributed by atoms with Crippen LogP contribution >= 0.6 is 46.5 Å². The van der Waals surface area contributed by atoms with Crippen LogP contribution in [0.2, 0.25) is 5.02 Å². The number of fused-ring (bicyclic) bond motifs is 3. The van der Waals surface area contributed by atoms with Crippen molar-refractivity contribution >= 4 is 62.5 Å². The van der Waals surface area contributed by atoms with Gasteiger partial charge in [0.05, 0.1) is 18.0 Å². The molecule has 0 radical (unpaired) electrons. The number of benzene rings is 1. The van der Waals surface area contributed by atoms with Gasteiger partial charge in [-0.05, 0) is 50.1 Å². The molecule has 0 aliphatic carbocycles. The fourth-order valence-electron chi connectivity index (χ4n) is 3.31. The highest BCUT2D eigenvalue weighted by molar-refractivity contribution is 8.00. The predicted molar refractivity (Wildman–Crippen MR) is 128 cm³/mol. The topological polar surface area (TPSA) is 52.1 Å². The van der Waals surface area contributed by atoms with Gasteiger partial charge in [0.25, 0.3) is 0 Å². The first-order valence-corrected chi connectivity index (χ1v) is 13.0. The summed E-state index contributed by atoms with van der Waals surface area (Å²) in [6.45, 7) is 6.98. The van der Waals surface area contributed by atoms with E-state index in [1.54, 1.807) is 47.4 Å². The Kier molecular flexibility index (Phi) is 6.75. The molecule has 3 aromatic rings. The molecule has 0 atom stereocenters. The van der Waals surface area contributed by atoms with E-state index in [1.807, 2.05) is 0 Å². The number of aromatic nitrogens is 2. The standard InChI is InChI=1S/C22H23ClN2O2S3/c1-4-9-28-21-24-19(29-12-16(26)13-5-7-14(23)8-6-13)18-15-10-22(2,3)27-11-17(15)30-20(18)25-21/h5-8H,4,9-12H2,1-3H3. The molecule has 2 aromatic heterocycles. The van der Waals surface area contributed by atoms with E-state index >= 15 is 0 Å². The number of carbonyl (C=O) groups excluding carboxylic acids is 1. The van der Waals surface area contributed by atoms with Gasteiger partial charge in [-0.15, -0.1) is 11.3 Å². The average molecular weight is 479 g/mol. The number of rotatable bonds is 7. The van der Waals surface area contributed by atoms with Crippen LogP contribution in [0.4, 0.5) is 0 Å². The van der Waals surface area contributed by atoms with Crippen LogP contribution in [0.15, 0.2) is 34.4 Å². The summed E-state index contributed by atoms with van der Waals surface area (Å²) in [5.41, 5.74) is 1.73. The highest BCUT2D eigenvalue weighted by Crippen LogP contribution is 2.42. The van der Waals surface area contributed by atoms with Gasteiger partial charge < -0.3 is 4.74 Å². The van der Waals surface area contributed by atoms with Gasteiger partial charge in [0.15, 0.2) is 10.9 Å². The van der Waals surface area contributed by atoms with Crippen molar-refractivity contribution in [3.8, 4) is 0 Å². The Morgan fingerprint density at radius 2 is 2.00 bits per heavy atom. The van der Waals surface area contributed by atoms with E-state index < -0.39 is 0 Å². The smallest absolute Gasteiger partial charge is 0.190 e. The maximum absolute atomic E-state index is 12.7. The van der Waals surface area contributed by atoms with E-state index in [0.29, 0.717) is 22.9 Å². The van der Waals surface area contributed by atoms with Gasteiger partial charge in [0.1, 0.15) is 9.86 Å². The van der Waals surface area contributed by atoms with Crippen LogP contribution in [0.5, 0.6) is 0 Å². The van der Waals surface area contributed by atoms with Crippen molar-refractivity contribution < 1.29 is 9.53 Å². The summed E-state index contributed by atoms with van der Waals surface area (Å²) in [5, 5.41) is 3.41. The molecule has 3 heterocycles. The molecule has 1 aromatic carbocycles. The molecule has 8 heteroatoms. The van der Waals surface area contributed by atoms with E-state index in [-0.39, 0.29) is 11.4 Å². The lowest BCUT2D eigenvalue weighted by molar-refractivity contribution is -0.0379. The molecule has 0 N–H and O–H groups in total. The highest BCUT2D eigenvalue weighted by Gasteiger charge is 2.31. The Morgan fingerprint density at radius 3 is 2.73 bits per heavy atom. The average Bonchev–Trinajstić information content (AvgIpc) is 3.07. The molecule has 0 bridgehead atoms. The van der Waals surface area contributed by atoms with Crippen molar-refractivity contribution in [2.24, 2.45) is 0 Å². The van der Waals surface area contributed by atoms with Gasteiger partial charge in [-0.25, -0.2) is 9.97 Å². The molecular formula is C22H23ClN2O2S3. The Hall–Kier alpha value is -1.12. The van der Waals surface area contributed by atoms with Gasteiger partial charge in [-0.1, -0.05) is 42.0 Å². The van der Waals surface area contributed by atoms with Crippen LogP contribution in [0.3, 0.4) is 0 Å². The van der Waals surface area contributed by atoms with Crippen molar-refractivity contribution in [2.45, 2.75) is 56.0 Å². The maximum Gasteiger partial charge on any atom is 0.190 e. The number of ketones is 1. The lowest BCUT2D eigenvalue weighted by Crippen LogP contribution is -2.31. The lowest BCUT2D eigenvalue weighted by Gasteiger charge is -2.30. The predicted octanol–water partition coefficient (Wildman–Crippen LogP) is 6.67. The van der Waals surface area contributed by atoms with Crippen LogP contribution < -0.4 is 0 Å². The first-order chi connectivity index (χ1) is 14.4. The first kappa shape index (κ1) is 22.1. The Morgan fingerprint density at radius 1 is 1.23 bits per heavy atom. The summed E-state index contributed by atoms with van der Waals surface area (Å²) in [7, 11) is 0. The molecule has 158 valence electrons. The quantitative estimate of drug-likeness (QED) is 0.163. The largest absolute Gasteiger partial charge is 0.370 e. The second-order valence-corrected chi connectivity index (χ2v) is 11.3. The van der Waals surface area contributed by atoms with E-state index in [4.69, 9.17) is 26.3 Å². The molecule has 4 nitrogen and oxygen atoms in total. The summed E-state index contributed by atoms with van der Waals surface area (Å²) >= 11 is 10.8. The lowest BCUT2D eigenvalue weighted by atomic mass is 9.95. The van der Waals surface area contributed by atoms with Gasteiger partial charge in [0, 0.05) is 33.0 Å². The van der Waals surface area contributed by atoms with Crippen LogP contribution in [0, 0.1) is 0 Å². The number of thioether (sulfide) groups is 2. The van der Waals surface area contributed by atoms with Crippen molar-refractivity contribution in [3.63, 3.8) is 0 Å². The Bertz CT molecular complexity index is 1080. The third kappa shape index (κ3) is 4.86. The fourth-order valence-corrected chi connectivity index (χ4v) is 6.37. The first-order valence-electron chi connectivity index (χ1n) is 9.87. The van der Waals surface area contributed by atoms with E-state index in [9.17, 15) is 4.79 Å². The van der Waals surface area contributed by atoms with Gasteiger partial charge in [0.2, 0.25) is 0 Å². The number of Topliss-reactive ketones (excluding diaryl/α,β-unsaturated/α-hetero) is 1. The summed E-state index contributed by atoms with van der Waals surface area (Å²) < 4.78 is 6.01. The normalized spacial score (nSPS) is 15.3. The highest BCUT2D eigenvalue weighted by atomic mass is 35.5. The zero-order chi connectivity index (χ0) is 21.3. The maximum atomic E-state index is 12.7. The molecule has 4 rings (SSSR count). The second-order valence-electron chi connectivity index (χ2n) is 7.79. The fraction of sp³-hybridized carbons (Fsp3) is 0.409. The van der Waals surface area contributed by atoms with Crippen LogP contribution in [0.1, 0.15) is 48.0 Å². The number of nitrogens with zero attached hydrogens (tertiary/aromatic N) is 2. The molecule has 0 saturated heterocycles. The Balaban J connectivity index is 1.68. The summed E-state index contributed by atoms with van der Waals surface area (Å²) in [4.78, 5) is 24.6. The third-order valence-corrected chi connectivity index (χ3v) is 8.20. The second kappa shape index (κ2) is 9.17. The number of carbonyl (C=O) groups is 1. The zero-order valence-corrected chi connectivity index (χ0v) is 20.4. The van der Waals surface area contributed by atoms with E-state index in [0.717, 1.165) is 39.0 Å². The summed E-state index contributed by atoms with van der Waals surface area (Å²) in [6, 6.07) is 7.05. The van der Waals surface area contributed by atoms with Crippen LogP contribution in [0.25, 0.3) is 10.2 Å².